The molecule has 0 aliphatic heterocycles. The van der Waals surface area contributed by atoms with Crippen LogP contribution in [-0.2, 0) is 9.53 Å². The van der Waals surface area contributed by atoms with Crippen molar-refractivity contribution < 1.29 is 14.6 Å². The molecule has 1 N–H and O–H groups in total. The van der Waals surface area contributed by atoms with Crippen LogP contribution in [0.25, 0.3) is 0 Å². The van der Waals surface area contributed by atoms with Gasteiger partial charge in [-0.25, -0.2) is 0 Å². The summed E-state index contributed by atoms with van der Waals surface area (Å²) in [5.74, 6) is 1.29. The molecule has 3 fully saturated rings. The SMILES string of the molecule is CSCC(=O)O[C@]1(C=CCl)CC[C@H]2[C@@H]3CCC4=C=CCC[C@]4(C)[C@H]3[C@@H](O)C[C@@]21C. The Morgan fingerprint density at radius 3 is 2.93 bits per heavy atom. The van der Waals surface area contributed by atoms with Gasteiger partial charge in [0, 0.05) is 16.4 Å². The molecular formula is C24H33ClO3S. The predicted octanol–water partition coefficient (Wildman–Crippen LogP) is 5.47. The minimum atomic E-state index is -0.721. The van der Waals surface area contributed by atoms with Crippen molar-refractivity contribution in [2.45, 2.75) is 70.5 Å². The zero-order valence-electron chi connectivity index (χ0n) is 17.7. The number of ether oxygens (including phenoxy) is 1. The van der Waals surface area contributed by atoms with E-state index in [1.54, 1.807) is 0 Å². The first-order valence-electron chi connectivity index (χ1n) is 10.9. The molecule has 29 heavy (non-hydrogen) atoms. The number of hydrogen-bond acceptors (Lipinski definition) is 4. The molecular weight excluding hydrogens is 404 g/mol. The third kappa shape index (κ3) is 3.17. The lowest BCUT2D eigenvalue weighted by Crippen LogP contribution is -2.60. The molecule has 0 aromatic heterocycles. The predicted molar refractivity (Wildman–Crippen MR) is 119 cm³/mol. The Morgan fingerprint density at radius 2 is 2.21 bits per heavy atom. The molecule has 3 saturated carbocycles. The number of esters is 1. The minimum Gasteiger partial charge on any atom is -0.454 e. The van der Waals surface area contributed by atoms with Crippen molar-refractivity contribution in [3.8, 4) is 0 Å². The highest BCUT2D eigenvalue weighted by atomic mass is 35.5. The van der Waals surface area contributed by atoms with Crippen molar-refractivity contribution in [3.05, 3.63) is 29.0 Å². The highest BCUT2D eigenvalue weighted by Crippen LogP contribution is 2.68. The van der Waals surface area contributed by atoms with Gasteiger partial charge in [0.25, 0.3) is 0 Å². The van der Waals surface area contributed by atoms with E-state index in [1.165, 1.54) is 22.9 Å². The summed E-state index contributed by atoms with van der Waals surface area (Å²) in [6, 6.07) is 0. The lowest BCUT2D eigenvalue weighted by molar-refractivity contribution is -0.184. The lowest BCUT2D eigenvalue weighted by atomic mass is 9.46. The molecule has 4 rings (SSSR count). The number of aliphatic hydroxyl groups excluding tert-OH is 1. The first-order chi connectivity index (χ1) is 13.8. The van der Waals surface area contributed by atoms with Crippen LogP contribution in [0.2, 0.25) is 0 Å². The molecule has 3 nitrogen and oxygen atoms in total. The fourth-order valence-electron chi connectivity index (χ4n) is 7.52. The van der Waals surface area contributed by atoms with E-state index in [0.29, 0.717) is 24.0 Å². The van der Waals surface area contributed by atoms with E-state index in [4.69, 9.17) is 16.3 Å². The molecule has 0 unspecified atom stereocenters. The van der Waals surface area contributed by atoms with E-state index in [2.05, 4.69) is 25.7 Å². The molecule has 0 heterocycles. The third-order valence-electron chi connectivity index (χ3n) is 8.77. The Hall–Kier alpha value is -0.670. The summed E-state index contributed by atoms with van der Waals surface area (Å²) in [5.41, 5.74) is 5.48. The van der Waals surface area contributed by atoms with Crippen molar-refractivity contribution in [1.29, 1.82) is 0 Å². The maximum atomic E-state index is 12.5. The van der Waals surface area contributed by atoms with Gasteiger partial charge in [0.2, 0.25) is 0 Å². The van der Waals surface area contributed by atoms with Crippen molar-refractivity contribution in [2.24, 2.45) is 28.6 Å². The van der Waals surface area contributed by atoms with E-state index >= 15 is 0 Å². The van der Waals surface area contributed by atoms with Gasteiger partial charge in [-0.3, -0.25) is 4.79 Å². The molecule has 0 aromatic carbocycles. The highest BCUT2D eigenvalue weighted by Gasteiger charge is 2.67. The molecule has 7 atom stereocenters. The lowest BCUT2D eigenvalue weighted by Gasteiger charge is -2.60. The standard InChI is InChI=1S/C24H33ClO3S/c1-22-10-5-4-6-16(22)7-8-17-18-9-11-24(12-13-25,28-20(27)15-29-3)23(18,2)14-19(26)21(17)22/h4,12-13,17-19,21,26H,5,7-11,14-15H2,1-3H3/t17-,18-,19-,21+,22-,23-,24-/m0/s1. The Labute approximate surface area is 184 Å². The van der Waals surface area contributed by atoms with Crippen LogP contribution >= 0.6 is 23.4 Å². The normalized spacial score (nSPS) is 46.0. The van der Waals surface area contributed by atoms with E-state index < -0.39 is 11.7 Å². The summed E-state index contributed by atoms with van der Waals surface area (Å²) >= 11 is 7.53. The maximum absolute atomic E-state index is 12.5. The first kappa shape index (κ1) is 21.6. The van der Waals surface area contributed by atoms with Gasteiger partial charge in [-0.05, 0) is 86.7 Å². The van der Waals surface area contributed by atoms with Crippen molar-refractivity contribution >= 4 is 29.3 Å². The van der Waals surface area contributed by atoms with E-state index in [1.807, 2.05) is 12.3 Å². The van der Waals surface area contributed by atoms with Gasteiger partial charge in [-0.1, -0.05) is 25.4 Å². The summed E-state index contributed by atoms with van der Waals surface area (Å²) in [6.07, 6.45) is 12.3. The van der Waals surface area contributed by atoms with Crippen LogP contribution in [-0.4, -0.2) is 34.8 Å². The number of rotatable bonds is 4. The summed E-state index contributed by atoms with van der Waals surface area (Å²) in [7, 11) is 0. The molecule has 0 bridgehead atoms. The zero-order chi connectivity index (χ0) is 20.9. The van der Waals surface area contributed by atoms with Crippen LogP contribution < -0.4 is 0 Å². The van der Waals surface area contributed by atoms with Crippen LogP contribution in [0.1, 0.15) is 58.8 Å². The van der Waals surface area contributed by atoms with Crippen LogP contribution in [0.4, 0.5) is 0 Å². The molecule has 4 aliphatic rings. The second-order valence-corrected chi connectivity index (χ2v) is 11.1. The Morgan fingerprint density at radius 1 is 1.41 bits per heavy atom. The Kier molecular flexibility index (Phi) is 5.79. The van der Waals surface area contributed by atoms with Crippen molar-refractivity contribution in [1.82, 2.24) is 0 Å². The van der Waals surface area contributed by atoms with Gasteiger partial charge < -0.3 is 9.84 Å². The third-order valence-corrected chi connectivity index (χ3v) is 9.42. The topological polar surface area (TPSA) is 46.5 Å². The van der Waals surface area contributed by atoms with Crippen LogP contribution in [0.3, 0.4) is 0 Å². The van der Waals surface area contributed by atoms with Crippen LogP contribution in [0, 0.1) is 28.6 Å². The molecule has 0 saturated heterocycles. The largest absolute Gasteiger partial charge is 0.454 e. The Bertz CT molecular complexity index is 772. The number of thioether (sulfide) groups is 1. The molecule has 4 aliphatic carbocycles. The van der Waals surface area contributed by atoms with Gasteiger partial charge in [0.05, 0.1) is 11.9 Å². The number of carbonyl (C=O) groups is 1. The molecule has 0 aromatic rings. The van der Waals surface area contributed by atoms with Crippen molar-refractivity contribution in [2.75, 3.05) is 12.0 Å². The number of fused-ring (bicyclic) bond motifs is 5. The number of allylic oxidation sites excluding steroid dienone is 1. The van der Waals surface area contributed by atoms with Gasteiger partial charge in [-0.2, -0.15) is 11.8 Å². The highest BCUT2D eigenvalue weighted by molar-refractivity contribution is 7.99. The van der Waals surface area contributed by atoms with E-state index in [-0.39, 0.29) is 22.7 Å². The fourth-order valence-corrected chi connectivity index (χ4v) is 8.02. The smallest absolute Gasteiger partial charge is 0.316 e. The fraction of sp³-hybridized carbons (Fsp3) is 0.750. The van der Waals surface area contributed by atoms with Crippen LogP contribution in [0.5, 0.6) is 0 Å². The summed E-state index contributed by atoms with van der Waals surface area (Å²) < 4.78 is 6.15. The maximum Gasteiger partial charge on any atom is 0.316 e. The molecule has 0 spiro atoms. The zero-order valence-corrected chi connectivity index (χ0v) is 19.3. The van der Waals surface area contributed by atoms with Crippen LogP contribution in [0.15, 0.2) is 29.0 Å². The number of aliphatic hydroxyl groups is 1. The average molecular weight is 437 g/mol. The first-order valence-corrected chi connectivity index (χ1v) is 12.8. The van der Waals surface area contributed by atoms with Gasteiger partial charge in [0.1, 0.15) is 5.60 Å². The Balaban J connectivity index is 1.71. The quantitative estimate of drug-likeness (QED) is 0.468. The molecule has 160 valence electrons. The van der Waals surface area contributed by atoms with Gasteiger partial charge in [0.15, 0.2) is 0 Å². The summed E-state index contributed by atoms with van der Waals surface area (Å²) in [5, 5.41) is 11.5. The number of carbonyl (C=O) groups excluding carboxylic acids is 1. The van der Waals surface area contributed by atoms with Gasteiger partial charge in [-0.15, -0.1) is 5.73 Å². The minimum absolute atomic E-state index is 0.0432. The van der Waals surface area contributed by atoms with E-state index in [0.717, 1.165) is 38.5 Å². The molecule has 5 heteroatoms. The van der Waals surface area contributed by atoms with Crippen molar-refractivity contribution in [3.63, 3.8) is 0 Å². The monoisotopic (exact) mass is 436 g/mol. The van der Waals surface area contributed by atoms with Gasteiger partial charge >= 0.3 is 5.97 Å². The summed E-state index contributed by atoms with van der Waals surface area (Å²) in [6.45, 7) is 4.58. The van der Waals surface area contributed by atoms with E-state index in [9.17, 15) is 9.90 Å². The second kappa shape index (κ2) is 7.79. The number of hydrogen-bond donors (Lipinski definition) is 1. The molecule has 0 amide bonds. The molecule has 0 radical (unpaired) electrons. The average Bonchev–Trinajstić information content (AvgIpc) is 2.93. The number of halogens is 1. The summed E-state index contributed by atoms with van der Waals surface area (Å²) in [4.78, 5) is 12.5. The second-order valence-electron chi connectivity index (χ2n) is 9.93.